The minimum atomic E-state index is -1.60. The molecule has 23 heavy (non-hydrogen) atoms. The molecule has 4 aliphatic rings. The van der Waals surface area contributed by atoms with Crippen molar-refractivity contribution in [1.82, 2.24) is 9.80 Å². The molecule has 5 atom stereocenters. The van der Waals surface area contributed by atoms with Gasteiger partial charge in [0.2, 0.25) is 5.91 Å². The van der Waals surface area contributed by atoms with Crippen LogP contribution in [0.15, 0.2) is 0 Å². The molecule has 0 aliphatic carbocycles. The minimum Gasteiger partial charge on any atom is -0.402 e. The molecule has 4 heterocycles. The lowest BCUT2D eigenvalue weighted by molar-refractivity contribution is -0.180. The van der Waals surface area contributed by atoms with Gasteiger partial charge in [0.05, 0.1) is 0 Å². The summed E-state index contributed by atoms with van der Waals surface area (Å²) in [5.41, 5.74) is 0. The van der Waals surface area contributed by atoms with Gasteiger partial charge in [0, 0.05) is 37.5 Å². The van der Waals surface area contributed by atoms with Gasteiger partial charge in [-0.25, -0.2) is 0 Å². The zero-order chi connectivity index (χ0) is 16.2. The van der Waals surface area contributed by atoms with E-state index in [4.69, 9.17) is 4.43 Å². The number of carbonyl (C=O) groups excluding carboxylic acids is 1. The molecule has 4 nitrogen and oxygen atoms in total. The van der Waals surface area contributed by atoms with Crippen molar-refractivity contribution < 1.29 is 9.22 Å². The van der Waals surface area contributed by atoms with E-state index in [9.17, 15) is 4.79 Å². The molecule has 5 unspecified atom stereocenters. The van der Waals surface area contributed by atoms with Gasteiger partial charge in [-0.1, -0.05) is 6.42 Å². The predicted octanol–water partition coefficient (Wildman–Crippen LogP) is 3.05. The third kappa shape index (κ3) is 2.89. The lowest BCUT2D eigenvalue weighted by Crippen LogP contribution is -2.69. The minimum absolute atomic E-state index is 0.266. The van der Waals surface area contributed by atoms with Crippen LogP contribution >= 0.6 is 0 Å². The highest BCUT2D eigenvalue weighted by Crippen LogP contribution is 2.46. The Morgan fingerprint density at radius 1 is 1.09 bits per heavy atom. The third-order valence-corrected chi connectivity index (χ3v) is 7.36. The van der Waals surface area contributed by atoms with Crippen LogP contribution in [0.1, 0.15) is 44.9 Å². The van der Waals surface area contributed by atoms with Crippen LogP contribution in [0.2, 0.25) is 19.6 Å². The topological polar surface area (TPSA) is 32.8 Å². The fraction of sp³-hybridized carbons (Fsp3) is 0.944. The number of rotatable bonds is 2. The van der Waals surface area contributed by atoms with Crippen LogP contribution in [-0.4, -0.2) is 55.4 Å². The summed E-state index contributed by atoms with van der Waals surface area (Å²) in [4.78, 5) is 17.5. The summed E-state index contributed by atoms with van der Waals surface area (Å²) >= 11 is 0. The zero-order valence-corrected chi connectivity index (χ0v) is 16.0. The van der Waals surface area contributed by atoms with Gasteiger partial charge < -0.3 is 9.33 Å². The van der Waals surface area contributed by atoms with Crippen LogP contribution in [0.5, 0.6) is 0 Å². The van der Waals surface area contributed by atoms with E-state index in [1.54, 1.807) is 0 Å². The maximum Gasteiger partial charge on any atom is 0.222 e. The van der Waals surface area contributed by atoms with E-state index in [1.165, 1.54) is 38.6 Å². The van der Waals surface area contributed by atoms with Gasteiger partial charge in [0.25, 0.3) is 0 Å². The van der Waals surface area contributed by atoms with Crippen LogP contribution < -0.4 is 0 Å². The van der Waals surface area contributed by atoms with Gasteiger partial charge in [-0.05, 0) is 57.7 Å². The lowest BCUT2D eigenvalue weighted by Gasteiger charge is -2.60. The number of hydrogen-bond acceptors (Lipinski definition) is 3. The first-order valence-electron chi connectivity index (χ1n) is 9.67. The Balaban J connectivity index is 1.66. The van der Waals surface area contributed by atoms with Gasteiger partial charge in [0.1, 0.15) is 6.23 Å². The molecular formula is C18H32N2O2Si. The van der Waals surface area contributed by atoms with Crippen molar-refractivity contribution in [2.24, 2.45) is 11.8 Å². The Morgan fingerprint density at radius 3 is 2.65 bits per heavy atom. The Hall–Kier alpha value is -0.393. The van der Waals surface area contributed by atoms with Crippen molar-refractivity contribution in [2.45, 2.75) is 82.9 Å². The molecule has 0 aromatic rings. The Bertz CT molecular complexity index is 478. The van der Waals surface area contributed by atoms with Crippen molar-refractivity contribution in [2.75, 3.05) is 13.1 Å². The average molecular weight is 337 g/mol. The largest absolute Gasteiger partial charge is 0.402 e. The number of piperidine rings is 4. The van der Waals surface area contributed by atoms with E-state index in [-0.39, 0.29) is 6.23 Å². The van der Waals surface area contributed by atoms with Gasteiger partial charge in [-0.15, -0.1) is 0 Å². The number of nitrogens with zero attached hydrogens (tertiary/aromatic N) is 2. The molecule has 0 saturated carbocycles. The van der Waals surface area contributed by atoms with Crippen LogP contribution in [0, 0.1) is 11.8 Å². The quantitative estimate of drug-likeness (QED) is 0.727. The Kier molecular flexibility index (Phi) is 4.09. The molecule has 0 radical (unpaired) electrons. The maximum atomic E-state index is 12.5. The first-order valence-corrected chi connectivity index (χ1v) is 13.1. The van der Waals surface area contributed by atoms with E-state index < -0.39 is 8.32 Å². The molecule has 4 saturated heterocycles. The SMILES string of the molecule is C[Si](C)(C)OC1C2CC(CN3C(=O)CCCC23)C2CCCCN21. The van der Waals surface area contributed by atoms with Gasteiger partial charge in [0.15, 0.2) is 8.32 Å². The molecule has 0 aromatic carbocycles. The van der Waals surface area contributed by atoms with Crippen molar-refractivity contribution in [3.63, 3.8) is 0 Å². The van der Waals surface area contributed by atoms with Crippen molar-refractivity contribution in [3.05, 3.63) is 0 Å². The number of hydrogen-bond donors (Lipinski definition) is 0. The monoisotopic (exact) mass is 336 g/mol. The zero-order valence-electron chi connectivity index (χ0n) is 15.0. The van der Waals surface area contributed by atoms with Crippen LogP contribution in [0.25, 0.3) is 0 Å². The summed E-state index contributed by atoms with van der Waals surface area (Å²) in [5.74, 6) is 1.63. The number of carbonyl (C=O) groups is 1. The normalized spacial score (nSPS) is 41.4. The standard InChI is InChI=1S/C18H32N2O2Si/c1-23(2,3)22-18-14-11-13(15-7-4-5-10-19(15)18)12-20-16(14)8-6-9-17(20)21/h13-16,18H,4-12H2,1-3H3. The molecule has 5 heteroatoms. The molecule has 130 valence electrons. The van der Waals surface area contributed by atoms with Crippen molar-refractivity contribution in [1.29, 1.82) is 0 Å². The van der Waals surface area contributed by atoms with E-state index in [1.807, 2.05) is 0 Å². The second-order valence-electron chi connectivity index (χ2n) is 9.09. The molecule has 0 spiro atoms. The summed E-state index contributed by atoms with van der Waals surface area (Å²) in [6, 6.07) is 1.09. The highest BCUT2D eigenvalue weighted by atomic mass is 28.4. The number of amides is 1. The second kappa shape index (κ2) is 5.85. The summed E-state index contributed by atoms with van der Waals surface area (Å²) in [6.07, 6.45) is 8.54. The van der Waals surface area contributed by atoms with E-state index >= 15 is 0 Å². The molecule has 4 aliphatic heterocycles. The van der Waals surface area contributed by atoms with Crippen LogP contribution in [0.3, 0.4) is 0 Å². The Labute approximate surface area is 141 Å². The van der Waals surface area contributed by atoms with Crippen LogP contribution in [-0.2, 0) is 9.22 Å². The van der Waals surface area contributed by atoms with E-state index in [2.05, 4.69) is 29.4 Å². The fourth-order valence-electron chi connectivity index (χ4n) is 5.61. The fourth-order valence-corrected chi connectivity index (χ4v) is 6.65. The molecule has 2 bridgehead atoms. The molecule has 1 amide bonds. The predicted molar refractivity (Wildman–Crippen MR) is 93.5 cm³/mol. The first-order chi connectivity index (χ1) is 10.9. The molecule has 4 fully saturated rings. The van der Waals surface area contributed by atoms with Crippen molar-refractivity contribution >= 4 is 14.2 Å². The maximum absolute atomic E-state index is 12.5. The van der Waals surface area contributed by atoms with Gasteiger partial charge in [-0.3, -0.25) is 9.69 Å². The summed E-state index contributed by atoms with van der Waals surface area (Å²) < 4.78 is 6.74. The Morgan fingerprint density at radius 2 is 1.87 bits per heavy atom. The van der Waals surface area contributed by atoms with Crippen LogP contribution in [0.4, 0.5) is 0 Å². The smallest absolute Gasteiger partial charge is 0.222 e. The summed E-state index contributed by atoms with van der Waals surface area (Å²) in [7, 11) is -1.60. The van der Waals surface area contributed by atoms with Gasteiger partial charge >= 0.3 is 0 Å². The van der Waals surface area contributed by atoms with E-state index in [0.717, 1.165) is 19.4 Å². The lowest BCUT2D eigenvalue weighted by atomic mass is 9.70. The van der Waals surface area contributed by atoms with Gasteiger partial charge in [-0.2, -0.15) is 0 Å². The molecule has 4 rings (SSSR count). The summed E-state index contributed by atoms with van der Waals surface area (Å²) in [5, 5.41) is 0. The molecule has 0 aromatic heterocycles. The summed E-state index contributed by atoms with van der Waals surface area (Å²) in [6.45, 7) is 9.15. The second-order valence-corrected chi connectivity index (χ2v) is 13.5. The molecule has 0 N–H and O–H groups in total. The van der Waals surface area contributed by atoms with Crippen molar-refractivity contribution in [3.8, 4) is 0 Å². The highest BCUT2D eigenvalue weighted by Gasteiger charge is 2.53. The third-order valence-electron chi connectivity index (χ3n) is 6.42. The highest BCUT2D eigenvalue weighted by molar-refractivity contribution is 6.69. The molecular weight excluding hydrogens is 304 g/mol. The average Bonchev–Trinajstić information content (AvgIpc) is 2.51. The number of fused-ring (bicyclic) bond motifs is 6. The van der Waals surface area contributed by atoms with E-state index in [0.29, 0.717) is 29.8 Å². The first kappa shape index (κ1) is 16.1.